The van der Waals surface area contributed by atoms with Crippen LogP contribution in [-0.4, -0.2) is 61.8 Å². The molecule has 2 fully saturated rings. The number of halogens is 4. The highest BCUT2D eigenvalue weighted by atomic mass is 32.2. The van der Waals surface area contributed by atoms with Crippen LogP contribution in [0.3, 0.4) is 0 Å². The lowest BCUT2D eigenvalue weighted by Crippen LogP contribution is -2.51. The summed E-state index contributed by atoms with van der Waals surface area (Å²) in [5.74, 6) is 3.15. The Labute approximate surface area is 256 Å². The van der Waals surface area contributed by atoms with Crippen LogP contribution in [0.5, 0.6) is 0 Å². The minimum Gasteiger partial charge on any atom is -0.291 e. The third-order valence-electron chi connectivity index (χ3n) is 8.93. The van der Waals surface area contributed by atoms with E-state index in [1.165, 1.54) is 23.1 Å². The van der Waals surface area contributed by atoms with E-state index in [4.69, 9.17) is 0 Å². The van der Waals surface area contributed by atoms with E-state index in [1.54, 1.807) is 30.1 Å². The van der Waals surface area contributed by atoms with Crippen LogP contribution >= 0.6 is 0 Å². The maximum atomic E-state index is 14.6. The number of allylic oxidation sites excluding steroid dienone is 1. The number of benzene rings is 1. The number of pyridine rings is 1. The van der Waals surface area contributed by atoms with E-state index in [0.717, 1.165) is 36.7 Å². The van der Waals surface area contributed by atoms with Gasteiger partial charge in [-0.25, -0.2) is 22.6 Å². The van der Waals surface area contributed by atoms with Crippen molar-refractivity contribution in [1.82, 2.24) is 33.8 Å². The number of Topliss-reactive ketones (excluding diaryl/α,β-unsaturated/α-hetero) is 1. The average Bonchev–Trinajstić information content (AvgIpc) is 3.59. The predicted molar refractivity (Wildman–Crippen MR) is 158 cm³/mol. The van der Waals surface area contributed by atoms with Crippen molar-refractivity contribution in [3.05, 3.63) is 89.0 Å². The largest absolute Gasteiger partial charge is 0.416 e. The second-order valence-corrected chi connectivity index (χ2v) is 14.0. The van der Waals surface area contributed by atoms with Gasteiger partial charge in [-0.05, 0) is 92.4 Å². The molecule has 234 valence electrons. The van der Waals surface area contributed by atoms with Crippen molar-refractivity contribution in [3.8, 4) is 5.69 Å². The molecule has 0 amide bonds. The minimum atomic E-state index is -4.66. The molecule has 9 nitrogen and oxygen atoms in total. The third kappa shape index (κ3) is 5.09. The fourth-order valence-corrected chi connectivity index (χ4v) is 8.74. The van der Waals surface area contributed by atoms with E-state index in [0.29, 0.717) is 29.8 Å². The summed E-state index contributed by atoms with van der Waals surface area (Å²) in [6.07, 6.45) is 4.19. The van der Waals surface area contributed by atoms with Gasteiger partial charge in [-0.3, -0.25) is 14.5 Å². The van der Waals surface area contributed by atoms with Crippen molar-refractivity contribution >= 4 is 27.4 Å². The molecule has 45 heavy (non-hydrogen) atoms. The van der Waals surface area contributed by atoms with Crippen molar-refractivity contribution < 1.29 is 26.6 Å². The maximum absolute atomic E-state index is 14.6. The van der Waals surface area contributed by atoms with Gasteiger partial charge in [0.2, 0.25) is 5.16 Å². The number of ketones is 1. The van der Waals surface area contributed by atoms with Crippen LogP contribution < -0.4 is 0 Å². The molecular weight excluding hydrogens is 610 g/mol. The van der Waals surface area contributed by atoms with Crippen LogP contribution in [0.4, 0.5) is 17.6 Å². The summed E-state index contributed by atoms with van der Waals surface area (Å²) in [7, 11) is -1.47. The molecule has 3 heterocycles. The third-order valence-corrected chi connectivity index (χ3v) is 11.0. The second-order valence-electron chi connectivity index (χ2n) is 12.0. The standard InChI is InChI=1S/C31H29F4N7O2S/c1-40-18-37-29(39-40)45(2,44)42(24-9-10-24)25-6-3-20-14-27-19(17-38-41(27)23-7-4-22(32)5-8-23)15-30(20,16-25)28(43)26-13-21(11-12-36-26)31(33,34)35/h4-5,7-8,11-14,17-18,24-25H,2-3,6,9-10,15-16H2,1H3/t25-,30-,45?/m0/s1. The highest BCUT2D eigenvalue weighted by Gasteiger charge is 2.53. The molecule has 14 heteroatoms. The van der Waals surface area contributed by atoms with E-state index >= 15 is 0 Å². The van der Waals surface area contributed by atoms with E-state index in [9.17, 15) is 26.6 Å². The molecule has 0 spiro atoms. The smallest absolute Gasteiger partial charge is 0.291 e. The monoisotopic (exact) mass is 639 g/mol. The first-order valence-electron chi connectivity index (χ1n) is 14.5. The summed E-state index contributed by atoms with van der Waals surface area (Å²) < 4.78 is 74.1. The lowest BCUT2D eigenvalue weighted by Gasteiger charge is -2.47. The number of carbonyl (C=O) groups excluding carboxylic acids is 1. The Morgan fingerprint density at radius 1 is 1.11 bits per heavy atom. The Bertz CT molecular complexity index is 1940. The van der Waals surface area contributed by atoms with Crippen LogP contribution in [0.1, 0.15) is 59.4 Å². The van der Waals surface area contributed by atoms with Crippen LogP contribution in [0.2, 0.25) is 0 Å². The first kappa shape index (κ1) is 29.5. The molecule has 3 aromatic heterocycles. The first-order valence-corrected chi connectivity index (χ1v) is 16.2. The predicted octanol–water partition coefficient (Wildman–Crippen LogP) is 5.07. The maximum Gasteiger partial charge on any atom is 0.416 e. The molecule has 1 aromatic carbocycles. The number of rotatable bonds is 7. The summed E-state index contributed by atoms with van der Waals surface area (Å²) in [6, 6.07) is 7.06. The second kappa shape index (κ2) is 10.4. The molecule has 1 unspecified atom stereocenters. The number of alkyl halides is 3. The molecule has 0 aliphatic heterocycles. The Morgan fingerprint density at radius 2 is 1.87 bits per heavy atom. The van der Waals surface area contributed by atoms with Gasteiger partial charge in [0.1, 0.15) is 17.8 Å². The molecule has 3 atom stereocenters. The fraction of sp³-hybridized carbons (Fsp3) is 0.355. The molecule has 0 bridgehead atoms. The SMILES string of the molecule is C=S(=O)(c1ncn(C)n1)N(C1CC1)[C@H]1CCC2=Cc3c(cnn3-c3ccc(F)cc3)C[C@]2(C(=O)c2cc(C(F)(F)F)ccn2)C1. The molecule has 4 aromatic rings. The summed E-state index contributed by atoms with van der Waals surface area (Å²) in [5.41, 5.74) is 0.270. The minimum absolute atomic E-state index is 0.0476. The number of nitrogens with zero attached hydrogens (tertiary/aromatic N) is 7. The number of carbonyl (C=O) groups is 1. The van der Waals surface area contributed by atoms with Crippen LogP contribution in [0.15, 0.2) is 65.8 Å². The molecule has 0 N–H and O–H groups in total. The first-order chi connectivity index (χ1) is 21.4. The Kier molecular flexibility index (Phi) is 6.85. The Balaban J connectivity index is 1.33. The zero-order valence-corrected chi connectivity index (χ0v) is 25.1. The lowest BCUT2D eigenvalue weighted by atomic mass is 9.60. The van der Waals surface area contributed by atoms with E-state index < -0.39 is 44.5 Å². The molecule has 3 aliphatic rings. The van der Waals surface area contributed by atoms with Gasteiger partial charge in [-0.15, -0.1) is 5.10 Å². The Morgan fingerprint density at radius 3 is 2.53 bits per heavy atom. The number of hydrogen-bond acceptors (Lipinski definition) is 6. The number of hydrogen-bond donors (Lipinski definition) is 0. The zero-order valence-electron chi connectivity index (χ0n) is 24.2. The van der Waals surface area contributed by atoms with Gasteiger partial charge in [-0.1, -0.05) is 5.57 Å². The van der Waals surface area contributed by atoms with Crippen LogP contribution in [-0.2, 0) is 29.4 Å². The normalized spacial score (nSPS) is 22.8. The summed E-state index contributed by atoms with van der Waals surface area (Å²) >= 11 is 0. The molecule has 7 rings (SSSR count). The van der Waals surface area contributed by atoms with Gasteiger partial charge >= 0.3 is 6.18 Å². The summed E-state index contributed by atoms with van der Waals surface area (Å²) in [6.45, 7) is 0. The number of fused-ring (bicyclic) bond motifs is 2. The van der Waals surface area contributed by atoms with Crippen molar-refractivity contribution in [2.24, 2.45) is 12.5 Å². The topological polar surface area (TPSA) is 98.8 Å². The van der Waals surface area contributed by atoms with Gasteiger partial charge in [0.05, 0.1) is 38.3 Å². The van der Waals surface area contributed by atoms with Crippen molar-refractivity contribution in [1.29, 1.82) is 0 Å². The van der Waals surface area contributed by atoms with E-state index in [-0.39, 0.29) is 29.7 Å². The average molecular weight is 640 g/mol. The van der Waals surface area contributed by atoms with E-state index in [1.807, 2.05) is 10.4 Å². The van der Waals surface area contributed by atoms with Crippen LogP contribution in [0.25, 0.3) is 11.8 Å². The van der Waals surface area contributed by atoms with Crippen LogP contribution in [0, 0.1) is 11.2 Å². The van der Waals surface area contributed by atoms with Crippen molar-refractivity contribution in [2.75, 3.05) is 0 Å². The Hall–Kier alpha value is -4.17. The van der Waals surface area contributed by atoms with Crippen molar-refractivity contribution in [3.63, 3.8) is 0 Å². The highest BCUT2D eigenvalue weighted by molar-refractivity contribution is 7.98. The van der Waals surface area contributed by atoms with E-state index in [2.05, 4.69) is 26.0 Å². The molecule has 0 saturated heterocycles. The zero-order chi connectivity index (χ0) is 31.7. The summed E-state index contributed by atoms with van der Waals surface area (Å²) in [4.78, 5) is 22.9. The highest BCUT2D eigenvalue weighted by Crippen LogP contribution is 2.52. The fourth-order valence-electron chi connectivity index (χ4n) is 6.73. The van der Waals surface area contributed by atoms with Crippen molar-refractivity contribution in [2.45, 2.75) is 61.9 Å². The van der Waals surface area contributed by atoms with Gasteiger partial charge < -0.3 is 0 Å². The molecule has 0 radical (unpaired) electrons. The van der Waals surface area contributed by atoms with Gasteiger partial charge in [0.25, 0.3) is 0 Å². The van der Waals surface area contributed by atoms with Gasteiger partial charge in [-0.2, -0.15) is 18.3 Å². The molecule has 3 aliphatic carbocycles. The molecule has 2 saturated carbocycles. The molecular formula is C31H29F4N7O2S. The quantitative estimate of drug-likeness (QED) is 0.159. The summed E-state index contributed by atoms with van der Waals surface area (Å²) in [5, 5.41) is 8.91. The lowest BCUT2D eigenvalue weighted by molar-refractivity contribution is -0.137. The van der Waals surface area contributed by atoms with Gasteiger partial charge in [0.15, 0.2) is 5.78 Å². The number of aromatic nitrogens is 6. The van der Waals surface area contributed by atoms with Gasteiger partial charge in [0, 0.05) is 25.3 Å². The number of aryl methyl sites for hydroxylation is 1.